The normalized spacial score (nSPS) is 22.0. The van der Waals surface area contributed by atoms with Gasteiger partial charge in [0.15, 0.2) is 0 Å². The Bertz CT molecular complexity index is 257. The third kappa shape index (κ3) is 3.44. The Labute approximate surface area is 84.4 Å². The van der Waals surface area contributed by atoms with Crippen molar-refractivity contribution < 1.29 is 8.42 Å². The van der Waals surface area contributed by atoms with Crippen LogP contribution < -0.4 is 4.72 Å². The molecule has 0 amide bonds. The van der Waals surface area contributed by atoms with E-state index >= 15 is 0 Å². The fourth-order valence-corrected chi connectivity index (χ4v) is 2.66. The fraction of sp³-hybridized carbons (Fsp3) is 1.00. The predicted molar refractivity (Wildman–Crippen MR) is 54.0 cm³/mol. The molecule has 1 aliphatic carbocycles. The molecule has 1 N–H and O–H groups in total. The number of hydrogen-bond donors (Lipinski definition) is 1. The van der Waals surface area contributed by atoms with E-state index in [-0.39, 0.29) is 5.41 Å². The van der Waals surface area contributed by atoms with Crippen molar-refractivity contribution >= 4 is 19.9 Å². The molecular formula is C8H16ClNO2S. The topological polar surface area (TPSA) is 46.2 Å². The summed E-state index contributed by atoms with van der Waals surface area (Å²) in [6.07, 6.45) is 5.66. The van der Waals surface area contributed by atoms with Crippen LogP contribution in [0.15, 0.2) is 0 Å². The molecule has 5 heteroatoms. The Morgan fingerprint density at radius 3 is 2.31 bits per heavy atom. The standard InChI is InChI=1S/C8H16ClNO2S/c1-2-8(5-3-4-6-8)7-10-13(9,11)12/h10H,2-7H2,1H3. The quantitative estimate of drug-likeness (QED) is 0.745. The van der Waals surface area contributed by atoms with Crippen LogP contribution in [0.5, 0.6) is 0 Å². The maximum atomic E-state index is 10.7. The van der Waals surface area contributed by atoms with Crippen LogP contribution in [-0.4, -0.2) is 15.0 Å². The van der Waals surface area contributed by atoms with Gasteiger partial charge < -0.3 is 0 Å². The van der Waals surface area contributed by atoms with E-state index in [4.69, 9.17) is 10.7 Å². The van der Waals surface area contributed by atoms with E-state index in [0.29, 0.717) is 6.54 Å². The third-order valence-electron chi connectivity index (χ3n) is 3.03. The summed E-state index contributed by atoms with van der Waals surface area (Å²) in [4.78, 5) is 0. The van der Waals surface area contributed by atoms with Crippen molar-refractivity contribution in [3.05, 3.63) is 0 Å². The summed E-state index contributed by atoms with van der Waals surface area (Å²) in [5.74, 6) is 0. The Morgan fingerprint density at radius 2 is 1.92 bits per heavy atom. The van der Waals surface area contributed by atoms with Crippen molar-refractivity contribution in [3.8, 4) is 0 Å². The number of hydrogen-bond acceptors (Lipinski definition) is 2. The van der Waals surface area contributed by atoms with Crippen LogP contribution in [-0.2, 0) is 9.24 Å². The van der Waals surface area contributed by atoms with Crippen LogP contribution in [0.3, 0.4) is 0 Å². The van der Waals surface area contributed by atoms with Gasteiger partial charge in [-0.25, -0.2) is 4.72 Å². The van der Waals surface area contributed by atoms with E-state index in [9.17, 15) is 8.42 Å². The highest BCUT2D eigenvalue weighted by molar-refractivity contribution is 8.12. The van der Waals surface area contributed by atoms with Crippen molar-refractivity contribution in [2.75, 3.05) is 6.54 Å². The summed E-state index contributed by atoms with van der Waals surface area (Å²) in [6.45, 7) is 2.60. The second kappa shape index (κ2) is 4.15. The Kier molecular flexibility index (Phi) is 3.60. The van der Waals surface area contributed by atoms with Gasteiger partial charge in [-0.3, -0.25) is 0 Å². The van der Waals surface area contributed by atoms with Crippen molar-refractivity contribution in [3.63, 3.8) is 0 Å². The Morgan fingerprint density at radius 1 is 1.38 bits per heavy atom. The van der Waals surface area contributed by atoms with Crippen LogP contribution in [0, 0.1) is 5.41 Å². The van der Waals surface area contributed by atoms with Gasteiger partial charge in [-0.15, -0.1) is 0 Å². The SMILES string of the molecule is CCC1(CNS(=O)(=O)Cl)CCCC1. The monoisotopic (exact) mass is 225 g/mol. The number of halogens is 1. The highest BCUT2D eigenvalue weighted by Gasteiger charge is 2.32. The smallest absolute Gasteiger partial charge is 0.201 e. The highest BCUT2D eigenvalue weighted by Crippen LogP contribution is 2.40. The van der Waals surface area contributed by atoms with Gasteiger partial charge in [0.1, 0.15) is 0 Å². The van der Waals surface area contributed by atoms with Crippen molar-refractivity contribution in [1.29, 1.82) is 0 Å². The van der Waals surface area contributed by atoms with E-state index in [1.54, 1.807) is 0 Å². The number of nitrogens with one attached hydrogen (secondary N) is 1. The van der Waals surface area contributed by atoms with Gasteiger partial charge in [-0.2, -0.15) is 8.42 Å². The maximum Gasteiger partial charge on any atom is 0.297 e. The van der Waals surface area contributed by atoms with Gasteiger partial charge in [-0.1, -0.05) is 19.8 Å². The zero-order valence-corrected chi connectivity index (χ0v) is 9.42. The molecular weight excluding hydrogens is 210 g/mol. The van der Waals surface area contributed by atoms with E-state index in [0.717, 1.165) is 19.3 Å². The lowest BCUT2D eigenvalue weighted by Gasteiger charge is -2.26. The molecule has 1 saturated carbocycles. The summed E-state index contributed by atoms with van der Waals surface area (Å²) in [6, 6.07) is 0. The van der Waals surface area contributed by atoms with Gasteiger partial charge in [0.25, 0.3) is 9.24 Å². The van der Waals surface area contributed by atoms with Crippen LogP contribution in [0.2, 0.25) is 0 Å². The molecule has 0 saturated heterocycles. The Balaban J connectivity index is 2.50. The molecule has 0 spiro atoms. The summed E-state index contributed by atoms with van der Waals surface area (Å²) < 4.78 is 23.8. The molecule has 0 radical (unpaired) electrons. The minimum Gasteiger partial charge on any atom is -0.201 e. The molecule has 0 bridgehead atoms. The third-order valence-corrected chi connectivity index (χ3v) is 3.85. The zero-order valence-electron chi connectivity index (χ0n) is 7.85. The molecule has 13 heavy (non-hydrogen) atoms. The first-order valence-electron chi connectivity index (χ1n) is 4.67. The van der Waals surface area contributed by atoms with E-state index in [1.807, 2.05) is 0 Å². The summed E-state index contributed by atoms with van der Waals surface area (Å²) in [5.41, 5.74) is 0.169. The first kappa shape index (κ1) is 11.3. The molecule has 0 aliphatic heterocycles. The minimum atomic E-state index is -3.54. The first-order chi connectivity index (χ1) is 5.97. The van der Waals surface area contributed by atoms with Gasteiger partial charge in [0.05, 0.1) is 0 Å². The molecule has 3 nitrogen and oxygen atoms in total. The van der Waals surface area contributed by atoms with Gasteiger partial charge in [0, 0.05) is 17.2 Å². The highest BCUT2D eigenvalue weighted by atomic mass is 35.7. The minimum absolute atomic E-state index is 0.169. The molecule has 0 aromatic heterocycles. The molecule has 1 fully saturated rings. The van der Waals surface area contributed by atoms with Crippen molar-refractivity contribution in [1.82, 2.24) is 4.72 Å². The lowest BCUT2D eigenvalue weighted by Crippen LogP contribution is -2.33. The molecule has 1 aliphatic rings. The van der Waals surface area contributed by atoms with Crippen LogP contribution in [0.1, 0.15) is 39.0 Å². The van der Waals surface area contributed by atoms with E-state index in [2.05, 4.69) is 11.6 Å². The van der Waals surface area contributed by atoms with E-state index in [1.165, 1.54) is 12.8 Å². The lowest BCUT2D eigenvalue weighted by molar-refractivity contribution is 0.286. The summed E-state index contributed by atoms with van der Waals surface area (Å²) in [7, 11) is 1.55. The second-order valence-corrected chi connectivity index (χ2v) is 6.20. The molecule has 0 unspecified atom stereocenters. The van der Waals surface area contributed by atoms with Crippen LogP contribution in [0.4, 0.5) is 0 Å². The van der Waals surface area contributed by atoms with E-state index < -0.39 is 9.24 Å². The van der Waals surface area contributed by atoms with Crippen molar-refractivity contribution in [2.24, 2.45) is 5.41 Å². The predicted octanol–water partition coefficient (Wildman–Crippen LogP) is 2.03. The summed E-state index contributed by atoms with van der Waals surface area (Å²) >= 11 is 0. The van der Waals surface area contributed by atoms with Crippen molar-refractivity contribution in [2.45, 2.75) is 39.0 Å². The zero-order chi connectivity index (χ0) is 9.95. The molecule has 0 heterocycles. The second-order valence-electron chi connectivity index (χ2n) is 3.82. The van der Waals surface area contributed by atoms with Gasteiger partial charge in [0.2, 0.25) is 0 Å². The van der Waals surface area contributed by atoms with Crippen LogP contribution in [0.25, 0.3) is 0 Å². The largest absolute Gasteiger partial charge is 0.297 e. The molecule has 1 rings (SSSR count). The molecule has 0 aromatic rings. The molecule has 78 valence electrons. The summed E-state index contributed by atoms with van der Waals surface area (Å²) in [5, 5.41) is 0. The Hall–Kier alpha value is 0.200. The fourth-order valence-electron chi connectivity index (χ4n) is 2.02. The number of rotatable bonds is 4. The van der Waals surface area contributed by atoms with Gasteiger partial charge in [-0.05, 0) is 24.7 Å². The first-order valence-corrected chi connectivity index (χ1v) is 6.98. The average molecular weight is 226 g/mol. The van der Waals surface area contributed by atoms with Crippen LogP contribution >= 0.6 is 10.7 Å². The average Bonchev–Trinajstić information content (AvgIpc) is 2.49. The lowest BCUT2D eigenvalue weighted by atomic mass is 9.84. The van der Waals surface area contributed by atoms with Gasteiger partial charge >= 0.3 is 0 Å². The molecule has 0 atom stereocenters. The maximum absolute atomic E-state index is 10.7. The molecule has 0 aromatic carbocycles.